The highest BCUT2D eigenvalue weighted by Crippen LogP contribution is 2.30. The number of hydrazone groups is 1. The minimum atomic E-state index is -4.54. The number of nitrogens with one attached hydrogen (secondary N) is 2. The van der Waals surface area contributed by atoms with Gasteiger partial charge in [-0.05, 0) is 18.9 Å². The van der Waals surface area contributed by atoms with Crippen molar-refractivity contribution >= 4 is 18.0 Å². The second-order valence-electron chi connectivity index (χ2n) is 5.13. The van der Waals surface area contributed by atoms with Crippen molar-refractivity contribution < 1.29 is 27.5 Å². The maximum atomic E-state index is 12.8. The number of hydrogen-bond donors (Lipinski definition) is 2. The molecule has 1 aliphatic heterocycles. The van der Waals surface area contributed by atoms with Crippen molar-refractivity contribution in [3.05, 3.63) is 35.4 Å². The van der Waals surface area contributed by atoms with Gasteiger partial charge < -0.3 is 10.1 Å². The molecule has 1 atom stereocenters. The van der Waals surface area contributed by atoms with Gasteiger partial charge in [-0.1, -0.05) is 18.2 Å². The topological polar surface area (TPSA) is 79.8 Å². The fourth-order valence-electron chi connectivity index (χ4n) is 2.17. The zero-order valence-corrected chi connectivity index (χ0v) is 12.6. The fourth-order valence-corrected chi connectivity index (χ4v) is 2.17. The molecule has 24 heavy (non-hydrogen) atoms. The lowest BCUT2D eigenvalue weighted by Crippen LogP contribution is -2.41. The number of hydrogen-bond acceptors (Lipinski definition) is 4. The van der Waals surface area contributed by atoms with Gasteiger partial charge in [0.1, 0.15) is 0 Å². The number of rotatable bonds is 4. The van der Waals surface area contributed by atoms with Crippen molar-refractivity contribution in [1.82, 2.24) is 10.7 Å². The molecule has 1 aromatic rings. The number of alkyl halides is 3. The third kappa shape index (κ3) is 5.05. The third-order valence-corrected chi connectivity index (χ3v) is 3.36. The van der Waals surface area contributed by atoms with E-state index in [9.17, 15) is 22.8 Å². The van der Waals surface area contributed by atoms with E-state index in [1.54, 1.807) is 0 Å². The summed E-state index contributed by atoms with van der Waals surface area (Å²) >= 11 is 0. The van der Waals surface area contributed by atoms with Crippen LogP contribution < -0.4 is 10.7 Å². The summed E-state index contributed by atoms with van der Waals surface area (Å²) in [7, 11) is 0. The summed E-state index contributed by atoms with van der Waals surface area (Å²) in [5, 5.41) is 5.78. The van der Waals surface area contributed by atoms with Crippen molar-refractivity contribution in [3.63, 3.8) is 0 Å². The molecule has 6 nitrogen and oxygen atoms in total. The van der Waals surface area contributed by atoms with Gasteiger partial charge in [-0.2, -0.15) is 18.3 Å². The van der Waals surface area contributed by atoms with E-state index in [4.69, 9.17) is 4.74 Å². The number of carbonyl (C=O) groups is 2. The summed E-state index contributed by atoms with van der Waals surface area (Å²) in [4.78, 5) is 23.1. The molecule has 1 fully saturated rings. The second kappa shape index (κ2) is 7.91. The van der Waals surface area contributed by atoms with Crippen LogP contribution in [-0.2, 0) is 20.5 Å². The van der Waals surface area contributed by atoms with E-state index in [1.165, 1.54) is 18.2 Å². The van der Waals surface area contributed by atoms with Crippen LogP contribution in [0.25, 0.3) is 0 Å². The van der Waals surface area contributed by atoms with Gasteiger partial charge in [0.15, 0.2) is 0 Å². The van der Waals surface area contributed by atoms with Gasteiger partial charge in [0.05, 0.1) is 17.9 Å². The summed E-state index contributed by atoms with van der Waals surface area (Å²) in [5.74, 6) is -1.99. The van der Waals surface area contributed by atoms with E-state index in [0.29, 0.717) is 6.61 Å². The molecule has 2 amide bonds. The molecule has 0 aliphatic carbocycles. The molecule has 0 aromatic heterocycles. The Morgan fingerprint density at radius 1 is 1.29 bits per heavy atom. The molecular weight excluding hydrogens is 327 g/mol. The highest BCUT2D eigenvalue weighted by atomic mass is 19.4. The van der Waals surface area contributed by atoms with Crippen molar-refractivity contribution in [2.75, 3.05) is 13.2 Å². The van der Waals surface area contributed by atoms with Crippen LogP contribution in [0.2, 0.25) is 0 Å². The van der Waals surface area contributed by atoms with Crippen LogP contribution in [0.5, 0.6) is 0 Å². The van der Waals surface area contributed by atoms with Crippen LogP contribution in [0.4, 0.5) is 13.2 Å². The standard InChI is InChI=1S/C15H16F3N3O3/c16-15(17,18)12-6-2-1-4-10(12)8-20-21-14(23)13(22)19-9-11-5-3-7-24-11/h1-2,4,6,8,11H,3,5,7,9H2,(H,19,22)(H,21,23)/b20-8-/t11-/m0/s1. The lowest BCUT2D eigenvalue weighted by atomic mass is 10.1. The van der Waals surface area contributed by atoms with Crippen molar-refractivity contribution in [3.8, 4) is 0 Å². The Hall–Kier alpha value is -2.42. The Balaban J connectivity index is 1.87. The zero-order chi connectivity index (χ0) is 17.6. The Bertz CT molecular complexity index is 626. The molecular formula is C15H16F3N3O3. The maximum Gasteiger partial charge on any atom is 0.417 e. The summed E-state index contributed by atoms with van der Waals surface area (Å²) < 4.78 is 43.6. The summed E-state index contributed by atoms with van der Waals surface area (Å²) in [5.41, 5.74) is 0.794. The first-order valence-electron chi connectivity index (χ1n) is 7.27. The molecule has 1 saturated heterocycles. The Labute approximate surface area is 136 Å². The molecule has 1 aliphatic rings. The smallest absolute Gasteiger partial charge is 0.376 e. The van der Waals surface area contributed by atoms with Gasteiger partial charge in [0.25, 0.3) is 0 Å². The van der Waals surface area contributed by atoms with Gasteiger partial charge in [-0.15, -0.1) is 0 Å². The van der Waals surface area contributed by atoms with Crippen LogP contribution in [0, 0.1) is 0 Å². The average molecular weight is 343 g/mol. The van der Waals surface area contributed by atoms with E-state index in [1.807, 2.05) is 5.43 Å². The van der Waals surface area contributed by atoms with Crippen molar-refractivity contribution in [1.29, 1.82) is 0 Å². The van der Waals surface area contributed by atoms with Crippen LogP contribution in [0.15, 0.2) is 29.4 Å². The first kappa shape index (κ1) is 17.9. The lowest BCUT2D eigenvalue weighted by molar-refractivity contribution is -0.139. The predicted octanol–water partition coefficient (Wildman–Crippen LogP) is 1.45. The highest BCUT2D eigenvalue weighted by molar-refractivity contribution is 6.35. The van der Waals surface area contributed by atoms with Crippen LogP contribution >= 0.6 is 0 Å². The lowest BCUT2D eigenvalue weighted by Gasteiger charge is -2.10. The maximum absolute atomic E-state index is 12.8. The molecule has 130 valence electrons. The van der Waals surface area contributed by atoms with Gasteiger partial charge in [-0.3, -0.25) is 9.59 Å². The van der Waals surface area contributed by atoms with E-state index in [-0.39, 0.29) is 18.2 Å². The van der Waals surface area contributed by atoms with Crippen molar-refractivity contribution in [2.24, 2.45) is 5.10 Å². The first-order valence-corrected chi connectivity index (χ1v) is 7.27. The van der Waals surface area contributed by atoms with E-state index in [2.05, 4.69) is 10.4 Å². The molecule has 1 aromatic carbocycles. The Kier molecular flexibility index (Phi) is 5.91. The number of halogens is 3. The van der Waals surface area contributed by atoms with Gasteiger partial charge in [0.2, 0.25) is 0 Å². The quantitative estimate of drug-likeness (QED) is 0.493. The summed E-state index contributed by atoms with van der Waals surface area (Å²) in [6, 6.07) is 4.76. The van der Waals surface area contributed by atoms with E-state index < -0.39 is 23.6 Å². The molecule has 1 heterocycles. The highest BCUT2D eigenvalue weighted by Gasteiger charge is 2.32. The molecule has 2 N–H and O–H groups in total. The second-order valence-corrected chi connectivity index (χ2v) is 5.13. The molecule has 0 spiro atoms. The van der Waals surface area contributed by atoms with Gasteiger partial charge >= 0.3 is 18.0 Å². The molecule has 0 unspecified atom stereocenters. The fraction of sp³-hybridized carbons (Fsp3) is 0.400. The molecule has 0 saturated carbocycles. The number of carbonyl (C=O) groups excluding carboxylic acids is 2. The Morgan fingerprint density at radius 3 is 2.71 bits per heavy atom. The molecule has 9 heteroatoms. The van der Waals surface area contributed by atoms with Crippen molar-refractivity contribution in [2.45, 2.75) is 25.1 Å². The van der Waals surface area contributed by atoms with E-state index >= 15 is 0 Å². The van der Waals surface area contributed by atoms with Gasteiger partial charge in [-0.25, -0.2) is 5.43 Å². The average Bonchev–Trinajstić information content (AvgIpc) is 3.05. The SMILES string of the molecule is O=C(NC[C@@H]1CCCO1)C(=O)N/N=C\c1ccccc1C(F)(F)F. The minimum absolute atomic E-state index is 0.121. The normalized spacial score (nSPS) is 17.9. The molecule has 0 radical (unpaired) electrons. The van der Waals surface area contributed by atoms with E-state index in [0.717, 1.165) is 25.1 Å². The number of ether oxygens (including phenoxy) is 1. The van der Waals surface area contributed by atoms with Crippen LogP contribution in [0.1, 0.15) is 24.0 Å². The third-order valence-electron chi connectivity index (χ3n) is 3.36. The zero-order valence-electron chi connectivity index (χ0n) is 12.6. The largest absolute Gasteiger partial charge is 0.417 e. The molecule has 0 bridgehead atoms. The predicted molar refractivity (Wildman–Crippen MR) is 79.2 cm³/mol. The number of nitrogens with zero attached hydrogens (tertiary/aromatic N) is 1. The summed E-state index contributed by atoms with van der Waals surface area (Å²) in [6.07, 6.45) is -2.12. The Morgan fingerprint density at radius 2 is 2.04 bits per heavy atom. The van der Waals surface area contributed by atoms with Crippen LogP contribution in [0.3, 0.4) is 0 Å². The first-order chi connectivity index (χ1) is 11.4. The summed E-state index contributed by atoms with van der Waals surface area (Å²) in [6.45, 7) is 0.822. The monoisotopic (exact) mass is 343 g/mol. The number of benzene rings is 1. The molecule has 2 rings (SSSR count). The van der Waals surface area contributed by atoms with Gasteiger partial charge in [0, 0.05) is 18.7 Å². The minimum Gasteiger partial charge on any atom is -0.376 e. The number of amides is 2. The van der Waals surface area contributed by atoms with Crippen LogP contribution in [-0.4, -0.2) is 37.3 Å².